The molecular formula is C13H18Cl2N2O2S. The lowest BCUT2D eigenvalue weighted by Gasteiger charge is -2.19. The highest BCUT2D eigenvalue weighted by atomic mass is 35.5. The van der Waals surface area contributed by atoms with E-state index in [4.69, 9.17) is 28.9 Å². The summed E-state index contributed by atoms with van der Waals surface area (Å²) in [4.78, 5) is 0.0305. The van der Waals surface area contributed by atoms with Crippen molar-refractivity contribution < 1.29 is 8.42 Å². The summed E-state index contributed by atoms with van der Waals surface area (Å²) in [6.45, 7) is 2.76. The van der Waals surface area contributed by atoms with Gasteiger partial charge < -0.3 is 5.73 Å². The van der Waals surface area contributed by atoms with Crippen LogP contribution >= 0.6 is 23.2 Å². The van der Waals surface area contributed by atoms with Gasteiger partial charge in [0.05, 0.1) is 5.02 Å². The average Bonchev–Trinajstić information content (AvgIpc) is 3.07. The third-order valence-electron chi connectivity index (χ3n) is 3.76. The molecule has 0 spiro atoms. The normalized spacial score (nSPS) is 22.3. The second kappa shape index (κ2) is 5.81. The monoisotopic (exact) mass is 336 g/mol. The fourth-order valence-corrected chi connectivity index (χ4v) is 4.35. The number of nitrogens with zero attached hydrogens (tertiary/aromatic N) is 1. The van der Waals surface area contributed by atoms with Crippen molar-refractivity contribution in [2.75, 3.05) is 13.6 Å². The highest BCUT2D eigenvalue weighted by Crippen LogP contribution is 2.39. The zero-order valence-corrected chi connectivity index (χ0v) is 13.8. The molecule has 0 radical (unpaired) electrons. The molecule has 4 nitrogen and oxygen atoms in total. The summed E-state index contributed by atoms with van der Waals surface area (Å²) in [5.74, 6) is 1.02. The lowest BCUT2D eigenvalue weighted by molar-refractivity contribution is 0.444. The van der Waals surface area contributed by atoms with E-state index in [1.165, 1.54) is 10.4 Å². The molecule has 0 bridgehead atoms. The van der Waals surface area contributed by atoms with Gasteiger partial charge in [0.2, 0.25) is 10.0 Å². The zero-order valence-electron chi connectivity index (χ0n) is 11.4. The lowest BCUT2D eigenvalue weighted by atomic mass is 10.2. The number of benzene rings is 1. The van der Waals surface area contributed by atoms with Crippen LogP contribution in [-0.2, 0) is 16.6 Å². The van der Waals surface area contributed by atoms with Gasteiger partial charge in [-0.2, -0.15) is 0 Å². The van der Waals surface area contributed by atoms with Crippen LogP contribution in [0.3, 0.4) is 0 Å². The van der Waals surface area contributed by atoms with Crippen LogP contribution in [0.4, 0.5) is 0 Å². The maximum atomic E-state index is 12.6. The Balaban J connectivity index is 2.35. The molecule has 1 aliphatic rings. The van der Waals surface area contributed by atoms with E-state index < -0.39 is 10.0 Å². The summed E-state index contributed by atoms with van der Waals surface area (Å²) in [5.41, 5.74) is 6.10. The van der Waals surface area contributed by atoms with E-state index >= 15 is 0 Å². The summed E-state index contributed by atoms with van der Waals surface area (Å²) in [6.07, 6.45) is 1.07. The van der Waals surface area contributed by atoms with E-state index in [2.05, 4.69) is 6.92 Å². The van der Waals surface area contributed by atoms with Crippen LogP contribution in [-0.4, -0.2) is 26.3 Å². The van der Waals surface area contributed by atoms with Crippen molar-refractivity contribution in [2.45, 2.75) is 24.8 Å². The van der Waals surface area contributed by atoms with Crippen molar-refractivity contribution in [3.8, 4) is 0 Å². The molecule has 1 aromatic carbocycles. The fraction of sp³-hybridized carbons (Fsp3) is 0.538. The first-order chi connectivity index (χ1) is 9.27. The van der Waals surface area contributed by atoms with Crippen molar-refractivity contribution in [2.24, 2.45) is 17.6 Å². The average molecular weight is 337 g/mol. The van der Waals surface area contributed by atoms with Crippen molar-refractivity contribution in [3.05, 3.63) is 27.7 Å². The number of hydrogen-bond acceptors (Lipinski definition) is 3. The van der Waals surface area contributed by atoms with E-state index in [0.717, 1.165) is 6.42 Å². The Hall–Kier alpha value is -0.330. The van der Waals surface area contributed by atoms with Crippen LogP contribution in [0.25, 0.3) is 0 Å². The molecule has 2 rings (SSSR count). The van der Waals surface area contributed by atoms with Crippen LogP contribution in [0, 0.1) is 11.8 Å². The Labute approximate surface area is 129 Å². The van der Waals surface area contributed by atoms with Gasteiger partial charge in [-0.25, -0.2) is 12.7 Å². The standard InChI is InChI=1S/C13H18Cl2N2O2S/c1-8-3-10(8)7-17(2)20(18,19)12-5-11(14)4-9(6-16)13(12)15/h4-5,8,10H,3,6-7,16H2,1-2H3. The third-order valence-corrected chi connectivity index (χ3v) is 6.38. The SMILES string of the molecule is CC1CC1CN(C)S(=O)(=O)c1cc(Cl)cc(CN)c1Cl. The highest BCUT2D eigenvalue weighted by molar-refractivity contribution is 7.89. The van der Waals surface area contributed by atoms with Crippen molar-refractivity contribution in [1.82, 2.24) is 4.31 Å². The second-order valence-corrected chi connectivity index (χ2v) is 8.17. The molecule has 112 valence electrons. The molecule has 2 atom stereocenters. The molecule has 2 N–H and O–H groups in total. The molecule has 2 unspecified atom stereocenters. The van der Waals surface area contributed by atoms with Gasteiger partial charge in [-0.15, -0.1) is 0 Å². The minimum Gasteiger partial charge on any atom is -0.326 e. The maximum absolute atomic E-state index is 12.6. The van der Waals surface area contributed by atoms with Gasteiger partial charge in [-0.1, -0.05) is 30.1 Å². The molecule has 0 aliphatic heterocycles. The van der Waals surface area contributed by atoms with E-state index in [-0.39, 0.29) is 16.5 Å². The van der Waals surface area contributed by atoms with Gasteiger partial charge in [0.25, 0.3) is 0 Å². The van der Waals surface area contributed by atoms with Crippen molar-refractivity contribution in [3.63, 3.8) is 0 Å². The summed E-state index contributed by atoms with van der Waals surface area (Å²) >= 11 is 12.1. The number of rotatable bonds is 5. The van der Waals surface area contributed by atoms with Gasteiger partial charge in [-0.05, 0) is 36.0 Å². The Bertz CT molecular complexity index is 619. The molecule has 1 aromatic rings. The van der Waals surface area contributed by atoms with Gasteiger partial charge in [-0.3, -0.25) is 0 Å². The largest absolute Gasteiger partial charge is 0.326 e. The van der Waals surface area contributed by atoms with E-state index in [9.17, 15) is 8.42 Å². The lowest BCUT2D eigenvalue weighted by Crippen LogP contribution is -2.29. The molecule has 0 amide bonds. The van der Waals surface area contributed by atoms with Gasteiger partial charge in [0, 0.05) is 25.2 Å². The molecular weight excluding hydrogens is 319 g/mol. The first-order valence-corrected chi connectivity index (χ1v) is 8.61. The number of sulfonamides is 1. The Morgan fingerprint density at radius 1 is 1.40 bits per heavy atom. The third kappa shape index (κ3) is 3.12. The topological polar surface area (TPSA) is 63.4 Å². The molecule has 0 heterocycles. The second-order valence-electron chi connectivity index (χ2n) is 5.34. The van der Waals surface area contributed by atoms with Crippen molar-refractivity contribution in [1.29, 1.82) is 0 Å². The highest BCUT2D eigenvalue weighted by Gasteiger charge is 2.36. The Morgan fingerprint density at radius 2 is 2.00 bits per heavy atom. The number of nitrogens with two attached hydrogens (primary N) is 1. The van der Waals surface area contributed by atoms with Gasteiger partial charge in [0.1, 0.15) is 4.90 Å². The van der Waals surface area contributed by atoms with Crippen molar-refractivity contribution >= 4 is 33.2 Å². The summed E-state index contributed by atoms with van der Waals surface area (Å²) in [6, 6.07) is 2.97. The predicted octanol–water partition coefficient (Wildman–Crippen LogP) is 2.73. The summed E-state index contributed by atoms with van der Waals surface area (Å²) in [7, 11) is -2.07. The maximum Gasteiger partial charge on any atom is 0.244 e. The Morgan fingerprint density at radius 3 is 2.50 bits per heavy atom. The predicted molar refractivity (Wildman–Crippen MR) is 81.4 cm³/mol. The Kier molecular flexibility index (Phi) is 4.66. The van der Waals surface area contributed by atoms with Gasteiger partial charge in [0.15, 0.2) is 0 Å². The molecule has 1 saturated carbocycles. The minimum atomic E-state index is -3.64. The number of hydrogen-bond donors (Lipinski definition) is 1. The van der Waals surface area contributed by atoms with Crippen LogP contribution in [0.2, 0.25) is 10.0 Å². The molecule has 20 heavy (non-hydrogen) atoms. The molecule has 1 aliphatic carbocycles. The van der Waals surface area contributed by atoms with Crippen LogP contribution < -0.4 is 5.73 Å². The molecule has 0 aromatic heterocycles. The minimum absolute atomic E-state index is 0.0305. The zero-order chi connectivity index (χ0) is 15.1. The van der Waals surface area contributed by atoms with E-state index in [1.54, 1.807) is 13.1 Å². The molecule has 1 fully saturated rings. The fourth-order valence-electron chi connectivity index (χ4n) is 2.20. The smallest absolute Gasteiger partial charge is 0.244 e. The molecule has 7 heteroatoms. The van der Waals surface area contributed by atoms with Crippen LogP contribution in [0.1, 0.15) is 18.9 Å². The van der Waals surface area contributed by atoms with Crippen LogP contribution in [0.5, 0.6) is 0 Å². The molecule has 0 saturated heterocycles. The van der Waals surface area contributed by atoms with E-state index in [1.807, 2.05) is 0 Å². The summed E-state index contributed by atoms with van der Waals surface area (Å²) < 4.78 is 26.5. The van der Waals surface area contributed by atoms with Gasteiger partial charge >= 0.3 is 0 Å². The van der Waals surface area contributed by atoms with E-state index in [0.29, 0.717) is 29.0 Å². The first-order valence-electron chi connectivity index (χ1n) is 6.41. The van der Waals surface area contributed by atoms with Crippen LogP contribution in [0.15, 0.2) is 17.0 Å². The summed E-state index contributed by atoms with van der Waals surface area (Å²) in [5, 5.41) is 0.481. The first kappa shape index (κ1) is 16.0. The number of halogens is 2. The quantitative estimate of drug-likeness (QED) is 0.899.